The van der Waals surface area contributed by atoms with Crippen LogP contribution in [0.2, 0.25) is 0 Å². The third-order valence-electron chi connectivity index (χ3n) is 7.53. The summed E-state index contributed by atoms with van der Waals surface area (Å²) in [5, 5.41) is 10.0. The molecule has 0 bridgehead atoms. The summed E-state index contributed by atoms with van der Waals surface area (Å²) < 4.78 is 81.0. The number of aliphatic hydroxyl groups excluding tert-OH is 1. The van der Waals surface area contributed by atoms with Crippen molar-refractivity contribution in [3.8, 4) is 0 Å². The van der Waals surface area contributed by atoms with Gasteiger partial charge < -0.3 is 14.9 Å². The van der Waals surface area contributed by atoms with E-state index in [1.54, 1.807) is 0 Å². The highest BCUT2D eigenvalue weighted by atomic mass is 19.4. The molecule has 1 aliphatic heterocycles. The van der Waals surface area contributed by atoms with E-state index in [-0.39, 0.29) is 18.2 Å². The molecule has 1 saturated heterocycles. The number of rotatable bonds is 4. The SMILES string of the molecule is O[C@H](CN1C2=CCCC=C2N(C2CCCc3ccccc32)CC1c1cccc(C(F)(F)F)c1)C(F)(F)F. The van der Waals surface area contributed by atoms with Gasteiger partial charge in [0.05, 0.1) is 35.6 Å². The van der Waals surface area contributed by atoms with Crippen LogP contribution < -0.4 is 0 Å². The monoisotopic (exact) mass is 522 g/mol. The van der Waals surface area contributed by atoms with Crippen molar-refractivity contribution in [1.82, 2.24) is 9.80 Å². The van der Waals surface area contributed by atoms with E-state index in [2.05, 4.69) is 17.0 Å². The summed E-state index contributed by atoms with van der Waals surface area (Å²) in [7, 11) is 0. The maximum absolute atomic E-state index is 13.6. The van der Waals surface area contributed by atoms with Crippen LogP contribution >= 0.6 is 0 Å². The number of aliphatic hydroxyl groups is 1. The highest BCUT2D eigenvalue weighted by molar-refractivity contribution is 5.42. The minimum Gasteiger partial charge on any atom is -0.382 e. The van der Waals surface area contributed by atoms with Crippen molar-refractivity contribution < 1.29 is 31.4 Å². The van der Waals surface area contributed by atoms with Crippen molar-refractivity contribution in [2.75, 3.05) is 13.1 Å². The fraction of sp³-hybridized carbons (Fsp3) is 0.429. The second-order valence-corrected chi connectivity index (χ2v) is 9.86. The standard InChI is InChI=1S/C28H28F6N2O/c29-27(30,31)20-10-5-9-19(15-20)25-16-35(22-14-6-8-18-7-1-2-11-21(18)22)23-12-3-4-13-24(23)36(25)17-26(37)28(32,33)34/h1-2,5,7,9-13,15,22,25-26,37H,3-4,6,8,14,16-17H2/t22?,25?,26-/m1/s1. The Labute approximate surface area is 211 Å². The molecular weight excluding hydrogens is 494 g/mol. The molecule has 2 aromatic carbocycles. The van der Waals surface area contributed by atoms with Crippen LogP contribution in [-0.2, 0) is 12.6 Å². The number of hydrogen-bond acceptors (Lipinski definition) is 3. The lowest BCUT2D eigenvalue weighted by atomic mass is 9.84. The molecule has 2 aliphatic carbocycles. The van der Waals surface area contributed by atoms with E-state index < -0.39 is 36.6 Å². The van der Waals surface area contributed by atoms with Crippen molar-refractivity contribution >= 4 is 0 Å². The molecule has 1 fully saturated rings. The number of nitrogens with zero attached hydrogens (tertiary/aromatic N) is 2. The maximum Gasteiger partial charge on any atom is 0.416 e. The van der Waals surface area contributed by atoms with Gasteiger partial charge in [-0.3, -0.25) is 0 Å². The van der Waals surface area contributed by atoms with Crippen molar-refractivity contribution in [1.29, 1.82) is 0 Å². The minimum absolute atomic E-state index is 0.0410. The Morgan fingerprint density at radius 2 is 1.62 bits per heavy atom. The third-order valence-corrected chi connectivity index (χ3v) is 7.53. The number of fused-ring (bicyclic) bond motifs is 2. The van der Waals surface area contributed by atoms with Crippen molar-refractivity contribution in [2.45, 2.75) is 62.6 Å². The summed E-state index contributed by atoms with van der Waals surface area (Å²) in [6, 6.07) is 12.0. The van der Waals surface area contributed by atoms with Crippen LogP contribution in [-0.4, -0.2) is 40.3 Å². The molecular formula is C28H28F6N2O. The van der Waals surface area contributed by atoms with E-state index in [0.29, 0.717) is 18.5 Å². The molecule has 2 unspecified atom stereocenters. The topological polar surface area (TPSA) is 26.7 Å². The molecule has 0 amide bonds. The lowest BCUT2D eigenvalue weighted by Crippen LogP contribution is -2.51. The average Bonchev–Trinajstić information content (AvgIpc) is 2.87. The molecule has 3 atom stereocenters. The number of β-amino-alcohol motifs (C(OH)–C–C–N with tert-alkyl or cyclic N) is 1. The maximum atomic E-state index is 13.6. The molecule has 0 aromatic heterocycles. The number of halogens is 6. The van der Waals surface area contributed by atoms with Crippen molar-refractivity contribution in [3.05, 3.63) is 94.3 Å². The number of allylic oxidation sites excluding steroid dienone is 2. The van der Waals surface area contributed by atoms with Crippen LogP contribution in [0.1, 0.15) is 60.0 Å². The fourth-order valence-electron chi connectivity index (χ4n) is 5.80. The first-order chi connectivity index (χ1) is 17.5. The molecule has 3 nitrogen and oxygen atoms in total. The molecule has 1 heterocycles. The number of piperazine rings is 1. The normalized spacial score (nSPS) is 23.1. The van der Waals surface area contributed by atoms with Gasteiger partial charge in [-0.05, 0) is 60.9 Å². The fourth-order valence-corrected chi connectivity index (χ4v) is 5.80. The molecule has 37 heavy (non-hydrogen) atoms. The zero-order valence-electron chi connectivity index (χ0n) is 20.1. The zero-order valence-corrected chi connectivity index (χ0v) is 20.1. The summed E-state index contributed by atoms with van der Waals surface area (Å²) in [5.74, 6) is 0. The number of benzene rings is 2. The van der Waals surface area contributed by atoms with E-state index in [4.69, 9.17) is 0 Å². The van der Waals surface area contributed by atoms with Gasteiger partial charge in [0, 0.05) is 6.54 Å². The van der Waals surface area contributed by atoms with E-state index >= 15 is 0 Å². The Kier molecular flexibility index (Phi) is 6.77. The number of alkyl halides is 6. The summed E-state index contributed by atoms with van der Waals surface area (Å²) in [5.41, 5.74) is 3.09. The molecule has 5 rings (SSSR count). The summed E-state index contributed by atoms with van der Waals surface area (Å²) in [6.45, 7) is -0.559. The van der Waals surface area contributed by atoms with Gasteiger partial charge in [0.25, 0.3) is 0 Å². The molecule has 9 heteroatoms. The van der Waals surface area contributed by atoms with Gasteiger partial charge in [0.1, 0.15) is 0 Å². The first-order valence-electron chi connectivity index (χ1n) is 12.5. The minimum atomic E-state index is -4.85. The first kappa shape index (κ1) is 25.7. The second-order valence-electron chi connectivity index (χ2n) is 9.86. The molecule has 2 aromatic rings. The van der Waals surface area contributed by atoms with Crippen molar-refractivity contribution in [3.63, 3.8) is 0 Å². The Hall–Kier alpha value is -2.94. The Morgan fingerprint density at radius 1 is 0.892 bits per heavy atom. The Morgan fingerprint density at radius 3 is 2.35 bits per heavy atom. The van der Waals surface area contributed by atoms with Gasteiger partial charge in [-0.1, -0.05) is 48.6 Å². The highest BCUT2D eigenvalue weighted by Gasteiger charge is 2.45. The Bertz CT molecular complexity index is 1200. The molecule has 0 spiro atoms. The van der Waals surface area contributed by atoms with Gasteiger partial charge >= 0.3 is 12.4 Å². The van der Waals surface area contributed by atoms with E-state index in [0.717, 1.165) is 42.7 Å². The molecule has 3 aliphatic rings. The van der Waals surface area contributed by atoms with Crippen LogP contribution in [0.25, 0.3) is 0 Å². The molecule has 1 N–H and O–H groups in total. The van der Waals surface area contributed by atoms with Crippen LogP contribution in [0.5, 0.6) is 0 Å². The van der Waals surface area contributed by atoms with Gasteiger partial charge in [-0.15, -0.1) is 0 Å². The van der Waals surface area contributed by atoms with Gasteiger partial charge in [-0.25, -0.2) is 0 Å². The largest absolute Gasteiger partial charge is 0.416 e. The second kappa shape index (κ2) is 9.74. The van der Waals surface area contributed by atoms with Crippen LogP contribution in [0.3, 0.4) is 0 Å². The predicted molar refractivity (Wildman–Crippen MR) is 127 cm³/mol. The molecule has 0 radical (unpaired) electrons. The van der Waals surface area contributed by atoms with Gasteiger partial charge in [0.15, 0.2) is 6.10 Å². The average molecular weight is 523 g/mol. The van der Waals surface area contributed by atoms with E-state index in [1.165, 1.54) is 22.6 Å². The Balaban J connectivity index is 1.60. The van der Waals surface area contributed by atoms with Crippen molar-refractivity contribution in [2.24, 2.45) is 0 Å². The number of aryl methyl sites for hydroxylation is 1. The van der Waals surface area contributed by atoms with Crippen LogP contribution in [0.4, 0.5) is 26.3 Å². The first-order valence-corrected chi connectivity index (χ1v) is 12.5. The summed E-state index contributed by atoms with van der Waals surface area (Å²) >= 11 is 0. The smallest absolute Gasteiger partial charge is 0.382 e. The van der Waals surface area contributed by atoms with E-state index in [9.17, 15) is 31.4 Å². The predicted octanol–water partition coefficient (Wildman–Crippen LogP) is 6.93. The summed E-state index contributed by atoms with van der Waals surface area (Å²) in [6.07, 6.45) is -4.20. The zero-order chi connectivity index (χ0) is 26.4. The van der Waals surface area contributed by atoms with Crippen LogP contribution in [0.15, 0.2) is 72.1 Å². The molecule has 198 valence electrons. The van der Waals surface area contributed by atoms with Gasteiger partial charge in [-0.2, -0.15) is 26.3 Å². The lowest BCUT2D eigenvalue weighted by molar-refractivity contribution is -0.208. The van der Waals surface area contributed by atoms with E-state index in [1.807, 2.05) is 24.3 Å². The quantitative estimate of drug-likeness (QED) is 0.442. The lowest BCUT2D eigenvalue weighted by Gasteiger charge is -2.51. The van der Waals surface area contributed by atoms with Crippen LogP contribution in [0, 0.1) is 0 Å². The highest BCUT2D eigenvalue weighted by Crippen LogP contribution is 2.46. The number of hydrogen-bond donors (Lipinski definition) is 1. The van der Waals surface area contributed by atoms with Gasteiger partial charge in [0.2, 0.25) is 0 Å². The molecule has 0 saturated carbocycles. The third kappa shape index (κ3) is 5.10. The summed E-state index contributed by atoms with van der Waals surface area (Å²) in [4.78, 5) is 3.61.